The Morgan fingerprint density at radius 2 is 1.50 bits per heavy atom. The van der Waals surface area contributed by atoms with Gasteiger partial charge in [0.05, 0.1) is 26.0 Å². The van der Waals surface area contributed by atoms with Crippen LogP contribution in [0.4, 0.5) is 0 Å². The minimum Gasteiger partial charge on any atom is -0.394 e. The number of nitrogens with one attached hydrogen (secondary N) is 1. The van der Waals surface area contributed by atoms with Crippen LogP contribution in [0.3, 0.4) is 0 Å². The van der Waals surface area contributed by atoms with Crippen LogP contribution in [0, 0.1) is 0 Å². The molecular formula is C35H40N4O11. The third-order valence-electron chi connectivity index (χ3n) is 9.73. The van der Waals surface area contributed by atoms with Crippen LogP contribution >= 0.6 is 0 Å². The number of carbonyl (C=O) groups excluding carboxylic acids is 1. The quantitative estimate of drug-likeness (QED) is 0.0827. The van der Waals surface area contributed by atoms with Gasteiger partial charge in [0.25, 0.3) is 0 Å². The number of benzene rings is 4. The lowest BCUT2D eigenvalue weighted by atomic mass is 9.90. The molecule has 0 aliphatic carbocycles. The summed E-state index contributed by atoms with van der Waals surface area (Å²) in [4.78, 5) is 12.8. The molecule has 15 heteroatoms. The average Bonchev–Trinajstić information content (AvgIpc) is 3.61. The maximum absolute atomic E-state index is 12.8. The Bertz CT molecular complexity index is 1920. The van der Waals surface area contributed by atoms with E-state index in [0.717, 1.165) is 11.1 Å². The fourth-order valence-corrected chi connectivity index (χ4v) is 7.04. The molecule has 2 fully saturated rings. The second kappa shape index (κ2) is 14.4. The molecule has 2 aliphatic heterocycles. The largest absolute Gasteiger partial charge is 0.394 e. The van der Waals surface area contributed by atoms with Crippen molar-refractivity contribution in [2.45, 2.75) is 87.2 Å². The van der Waals surface area contributed by atoms with Crippen molar-refractivity contribution in [3.63, 3.8) is 0 Å². The number of aliphatic hydroxyl groups excluding tert-OH is 7. The Balaban J connectivity index is 0.935. The maximum Gasteiger partial charge on any atom is 0.220 e. The minimum atomic E-state index is -1.77. The van der Waals surface area contributed by atoms with Crippen LogP contribution in [-0.4, -0.2) is 125 Å². The van der Waals surface area contributed by atoms with E-state index in [4.69, 9.17) is 14.2 Å². The number of rotatable bonds is 11. The number of amides is 1. The molecule has 4 aromatic carbocycles. The number of nitrogens with zero attached hydrogens (tertiary/aromatic N) is 3. The standard InChI is InChI=1S/C35H40N4O11/c40-15-23-28(43)29(44)32(47)35(49-23)50-33-24(16-41)48-34(31(46)30(33)45)39-14-21(37-38-39)13-36-25(42)6-2-3-17-7-8-20-10-9-18-4-1-5-19-11-12-22(17)27(20)26(18)19/h1,4-5,7-12,14,23-24,28-35,40-41,43-47H,2-3,6,13,15-16H2,(H,36,42)/t23-,24-,28-,29+,30-,31-,32-,33-,34-,35+/m1/s1. The molecule has 266 valence electrons. The van der Waals surface area contributed by atoms with Crippen LogP contribution in [-0.2, 0) is 32.0 Å². The molecule has 0 bridgehead atoms. The van der Waals surface area contributed by atoms with Gasteiger partial charge in [-0.2, -0.15) is 0 Å². The Labute approximate surface area is 285 Å². The van der Waals surface area contributed by atoms with Crippen LogP contribution < -0.4 is 5.32 Å². The van der Waals surface area contributed by atoms with Gasteiger partial charge in [-0.15, -0.1) is 5.10 Å². The average molecular weight is 693 g/mol. The molecule has 5 aromatic rings. The molecule has 15 nitrogen and oxygen atoms in total. The molecule has 10 atom stereocenters. The van der Waals surface area contributed by atoms with Crippen molar-refractivity contribution in [1.82, 2.24) is 20.3 Å². The molecule has 0 radical (unpaired) electrons. The lowest BCUT2D eigenvalue weighted by molar-refractivity contribution is -0.347. The Morgan fingerprint density at radius 1 is 0.800 bits per heavy atom. The molecule has 0 spiro atoms. The predicted molar refractivity (Wildman–Crippen MR) is 177 cm³/mol. The second-order valence-electron chi connectivity index (χ2n) is 12.9. The monoisotopic (exact) mass is 692 g/mol. The first-order chi connectivity index (χ1) is 24.2. The van der Waals surface area contributed by atoms with Gasteiger partial charge in [-0.25, -0.2) is 4.68 Å². The first-order valence-corrected chi connectivity index (χ1v) is 16.6. The van der Waals surface area contributed by atoms with Crippen LogP contribution in [0.25, 0.3) is 32.3 Å². The van der Waals surface area contributed by atoms with Gasteiger partial charge in [-0.05, 0) is 50.7 Å². The molecule has 7 rings (SSSR count). The highest BCUT2D eigenvalue weighted by atomic mass is 16.7. The van der Waals surface area contributed by atoms with E-state index >= 15 is 0 Å². The summed E-state index contributed by atoms with van der Waals surface area (Å²) >= 11 is 0. The number of ether oxygens (including phenoxy) is 3. The van der Waals surface area contributed by atoms with Gasteiger partial charge in [0, 0.05) is 6.42 Å². The van der Waals surface area contributed by atoms with Gasteiger partial charge in [-0.3, -0.25) is 4.79 Å². The lowest BCUT2D eigenvalue weighted by Gasteiger charge is -2.45. The molecule has 8 N–H and O–H groups in total. The van der Waals surface area contributed by atoms with Crippen molar-refractivity contribution in [2.75, 3.05) is 13.2 Å². The number of hydrogen-bond donors (Lipinski definition) is 8. The van der Waals surface area contributed by atoms with Crippen LogP contribution in [0.15, 0.2) is 60.8 Å². The number of hydrogen-bond acceptors (Lipinski definition) is 13. The van der Waals surface area contributed by atoms with E-state index in [1.165, 1.54) is 44.1 Å². The second-order valence-corrected chi connectivity index (χ2v) is 12.9. The zero-order chi connectivity index (χ0) is 35.1. The molecule has 50 heavy (non-hydrogen) atoms. The lowest BCUT2D eigenvalue weighted by Crippen LogP contribution is -2.63. The summed E-state index contributed by atoms with van der Waals surface area (Å²) in [7, 11) is 0. The van der Waals surface area contributed by atoms with Crippen molar-refractivity contribution >= 4 is 38.2 Å². The topological polar surface area (TPSA) is 229 Å². The van der Waals surface area contributed by atoms with Gasteiger partial charge in [0.2, 0.25) is 5.91 Å². The highest BCUT2D eigenvalue weighted by Gasteiger charge is 2.51. The third-order valence-corrected chi connectivity index (χ3v) is 9.73. The van der Waals surface area contributed by atoms with Crippen molar-refractivity contribution in [3.05, 3.63) is 72.1 Å². The Kier molecular flexibility index (Phi) is 9.96. The summed E-state index contributed by atoms with van der Waals surface area (Å²) < 4.78 is 17.9. The molecule has 1 amide bonds. The van der Waals surface area contributed by atoms with E-state index in [0.29, 0.717) is 18.5 Å². The van der Waals surface area contributed by atoms with Crippen molar-refractivity contribution in [3.8, 4) is 0 Å². The molecule has 2 aliphatic rings. The SMILES string of the molecule is O=C(CCCc1ccc2ccc3cccc4ccc1c2c34)NCc1cn([C@@H]2O[C@H](CO)[C@@H](O[C@@H]3O[C@H](CO)[C@@H](O)[C@H](O)[C@H]3O)[C@H](O)[C@H]2O)nn1. The molecular weight excluding hydrogens is 652 g/mol. The zero-order valence-electron chi connectivity index (χ0n) is 26.9. The summed E-state index contributed by atoms with van der Waals surface area (Å²) in [6.45, 7) is -1.33. The third kappa shape index (κ3) is 6.41. The zero-order valence-corrected chi connectivity index (χ0v) is 26.9. The van der Waals surface area contributed by atoms with E-state index in [1.54, 1.807) is 0 Å². The number of aryl methyl sites for hydroxylation is 1. The summed E-state index contributed by atoms with van der Waals surface area (Å²) in [5.74, 6) is -0.171. The van der Waals surface area contributed by atoms with Crippen LogP contribution in [0.5, 0.6) is 0 Å². The number of carbonyl (C=O) groups is 1. The van der Waals surface area contributed by atoms with E-state index in [-0.39, 0.29) is 12.5 Å². The molecule has 1 aromatic heterocycles. The fourth-order valence-electron chi connectivity index (χ4n) is 7.04. The van der Waals surface area contributed by atoms with Gasteiger partial charge in [-0.1, -0.05) is 59.8 Å². The van der Waals surface area contributed by atoms with E-state index in [1.807, 2.05) is 0 Å². The number of aromatic nitrogens is 3. The minimum absolute atomic E-state index is 0.0508. The Morgan fingerprint density at radius 3 is 2.24 bits per heavy atom. The van der Waals surface area contributed by atoms with Crippen molar-refractivity contribution < 1.29 is 54.8 Å². The van der Waals surface area contributed by atoms with Gasteiger partial charge in [0.1, 0.15) is 54.5 Å². The number of aliphatic hydroxyl groups is 7. The molecule has 0 unspecified atom stereocenters. The summed E-state index contributed by atoms with van der Waals surface area (Å²) in [5, 5.41) is 89.8. The summed E-state index contributed by atoms with van der Waals surface area (Å²) in [6.07, 6.45) is -12.3. The van der Waals surface area contributed by atoms with Crippen molar-refractivity contribution in [2.24, 2.45) is 0 Å². The molecule has 3 heterocycles. The normalized spacial score (nSPS) is 30.4. The van der Waals surface area contributed by atoms with Crippen molar-refractivity contribution in [1.29, 1.82) is 0 Å². The maximum atomic E-state index is 12.8. The van der Waals surface area contributed by atoms with E-state index < -0.39 is 74.6 Å². The van der Waals surface area contributed by atoms with Gasteiger partial charge < -0.3 is 55.3 Å². The first kappa shape index (κ1) is 34.6. The fraction of sp³-hybridized carbons (Fsp3) is 0.457. The first-order valence-electron chi connectivity index (χ1n) is 16.6. The highest BCUT2D eigenvalue weighted by Crippen LogP contribution is 2.36. The van der Waals surface area contributed by atoms with Gasteiger partial charge in [0.15, 0.2) is 12.5 Å². The van der Waals surface area contributed by atoms with Crippen LogP contribution in [0.1, 0.15) is 30.3 Å². The molecule has 2 saturated heterocycles. The predicted octanol–water partition coefficient (Wildman–Crippen LogP) is -0.389. The summed E-state index contributed by atoms with van der Waals surface area (Å²) in [6, 6.07) is 19.2. The Hall–Kier alpha value is -3.87. The highest BCUT2D eigenvalue weighted by molar-refractivity contribution is 6.23. The van der Waals surface area contributed by atoms with E-state index in [2.05, 4.69) is 70.2 Å². The van der Waals surface area contributed by atoms with E-state index in [9.17, 15) is 40.5 Å². The summed E-state index contributed by atoms with van der Waals surface area (Å²) in [5.41, 5.74) is 1.54. The smallest absolute Gasteiger partial charge is 0.220 e. The van der Waals surface area contributed by atoms with Crippen LogP contribution in [0.2, 0.25) is 0 Å². The molecule has 0 saturated carbocycles. The van der Waals surface area contributed by atoms with Gasteiger partial charge >= 0.3 is 0 Å².